The van der Waals surface area contributed by atoms with Crippen LogP contribution in [0, 0.1) is 12.8 Å². The number of benzene rings is 1. The maximum absolute atomic E-state index is 12.1. The fourth-order valence-electron chi connectivity index (χ4n) is 1.97. The first-order chi connectivity index (χ1) is 10.5. The van der Waals surface area contributed by atoms with E-state index in [1.807, 2.05) is 44.2 Å². The van der Waals surface area contributed by atoms with Crippen molar-refractivity contribution in [2.24, 2.45) is 5.92 Å². The molecule has 1 aromatic heterocycles. The Morgan fingerprint density at radius 3 is 2.55 bits per heavy atom. The second-order valence-electron chi connectivity index (χ2n) is 5.45. The summed E-state index contributed by atoms with van der Waals surface area (Å²) in [4.78, 5) is 23.8. The highest BCUT2D eigenvalue weighted by Gasteiger charge is 2.17. The van der Waals surface area contributed by atoms with Gasteiger partial charge in [-0.3, -0.25) is 10.1 Å². The number of imide groups is 1. The summed E-state index contributed by atoms with van der Waals surface area (Å²) >= 11 is 0. The number of nitrogens with one attached hydrogen (secondary N) is 2. The van der Waals surface area contributed by atoms with Crippen LogP contribution in [-0.2, 0) is 0 Å². The molecule has 0 aliphatic rings. The lowest BCUT2D eigenvalue weighted by Crippen LogP contribution is -2.41. The van der Waals surface area contributed by atoms with Gasteiger partial charge < -0.3 is 5.32 Å². The third-order valence-corrected chi connectivity index (χ3v) is 3.15. The van der Waals surface area contributed by atoms with E-state index in [-0.39, 0.29) is 0 Å². The van der Waals surface area contributed by atoms with Crippen LogP contribution in [0.3, 0.4) is 0 Å². The molecule has 1 aromatic carbocycles. The molecule has 0 aliphatic heterocycles. The molecule has 0 fully saturated rings. The molecule has 0 atom stereocenters. The highest BCUT2D eigenvalue weighted by atomic mass is 16.2. The van der Waals surface area contributed by atoms with E-state index in [0.29, 0.717) is 23.7 Å². The van der Waals surface area contributed by atoms with Gasteiger partial charge in [-0.15, -0.1) is 0 Å². The third kappa shape index (κ3) is 3.72. The Bertz CT molecular complexity index is 662. The van der Waals surface area contributed by atoms with Crippen molar-refractivity contribution < 1.29 is 9.59 Å². The Morgan fingerprint density at radius 1 is 1.23 bits per heavy atom. The number of hydrogen-bond acceptors (Lipinski definition) is 3. The maximum Gasteiger partial charge on any atom is 0.321 e. The molecule has 2 aromatic rings. The Morgan fingerprint density at radius 2 is 1.91 bits per heavy atom. The number of para-hydroxylation sites is 1. The molecule has 0 unspecified atom stereocenters. The van der Waals surface area contributed by atoms with Gasteiger partial charge in [-0.2, -0.15) is 5.10 Å². The zero-order valence-electron chi connectivity index (χ0n) is 13.0. The molecule has 2 rings (SSSR count). The van der Waals surface area contributed by atoms with Crippen molar-refractivity contribution in [3.63, 3.8) is 0 Å². The summed E-state index contributed by atoms with van der Waals surface area (Å²) in [6, 6.07) is 9.01. The molecule has 6 nitrogen and oxygen atoms in total. The summed E-state index contributed by atoms with van der Waals surface area (Å²) < 4.78 is 1.67. The van der Waals surface area contributed by atoms with E-state index < -0.39 is 11.9 Å². The van der Waals surface area contributed by atoms with Crippen LogP contribution < -0.4 is 10.6 Å². The predicted molar refractivity (Wildman–Crippen MR) is 84.0 cm³/mol. The van der Waals surface area contributed by atoms with Crippen molar-refractivity contribution in [3.05, 3.63) is 47.8 Å². The first-order valence-corrected chi connectivity index (χ1v) is 7.18. The van der Waals surface area contributed by atoms with E-state index in [1.165, 1.54) is 6.20 Å². The van der Waals surface area contributed by atoms with Crippen LogP contribution in [0.2, 0.25) is 0 Å². The Hall–Kier alpha value is -2.63. The summed E-state index contributed by atoms with van der Waals surface area (Å²) in [6.45, 7) is 6.27. The smallest absolute Gasteiger partial charge is 0.321 e. The third-order valence-electron chi connectivity index (χ3n) is 3.15. The molecule has 0 saturated heterocycles. The van der Waals surface area contributed by atoms with Crippen molar-refractivity contribution in [2.45, 2.75) is 20.8 Å². The van der Waals surface area contributed by atoms with E-state index in [9.17, 15) is 9.59 Å². The normalized spacial score (nSPS) is 10.5. The zero-order valence-corrected chi connectivity index (χ0v) is 13.0. The van der Waals surface area contributed by atoms with Crippen LogP contribution in [0.25, 0.3) is 5.69 Å². The highest BCUT2D eigenvalue weighted by molar-refractivity contribution is 6.04. The van der Waals surface area contributed by atoms with Crippen LogP contribution in [0.15, 0.2) is 36.5 Å². The van der Waals surface area contributed by atoms with Gasteiger partial charge in [-0.25, -0.2) is 9.48 Å². The minimum atomic E-state index is -0.495. The summed E-state index contributed by atoms with van der Waals surface area (Å²) in [7, 11) is 0. The van der Waals surface area contributed by atoms with E-state index in [0.717, 1.165) is 5.69 Å². The first kappa shape index (κ1) is 15.8. The molecule has 1 heterocycles. The molecule has 0 saturated carbocycles. The quantitative estimate of drug-likeness (QED) is 0.909. The number of hydrogen-bond donors (Lipinski definition) is 2. The van der Waals surface area contributed by atoms with E-state index in [1.54, 1.807) is 11.6 Å². The van der Waals surface area contributed by atoms with Crippen molar-refractivity contribution in [2.75, 3.05) is 6.54 Å². The minimum Gasteiger partial charge on any atom is -0.338 e. The highest BCUT2D eigenvalue weighted by Crippen LogP contribution is 2.13. The molecular formula is C16H20N4O2. The van der Waals surface area contributed by atoms with Gasteiger partial charge in [0.25, 0.3) is 5.91 Å². The summed E-state index contributed by atoms with van der Waals surface area (Å²) in [6.07, 6.45) is 1.47. The Balaban J connectivity index is 2.09. The van der Waals surface area contributed by atoms with E-state index in [2.05, 4.69) is 15.7 Å². The van der Waals surface area contributed by atoms with Crippen LogP contribution in [0.4, 0.5) is 4.79 Å². The fraction of sp³-hybridized carbons (Fsp3) is 0.312. The molecule has 0 bridgehead atoms. The van der Waals surface area contributed by atoms with Gasteiger partial charge in [0.1, 0.15) is 0 Å². The largest absolute Gasteiger partial charge is 0.338 e. The number of carbonyl (C=O) groups is 2. The van der Waals surface area contributed by atoms with Crippen LogP contribution >= 0.6 is 0 Å². The monoisotopic (exact) mass is 300 g/mol. The van der Waals surface area contributed by atoms with Gasteiger partial charge in [0.2, 0.25) is 0 Å². The molecule has 3 amide bonds. The minimum absolute atomic E-state index is 0.323. The zero-order chi connectivity index (χ0) is 16.1. The Labute approximate surface area is 129 Å². The van der Waals surface area contributed by atoms with Gasteiger partial charge in [-0.1, -0.05) is 32.0 Å². The van der Waals surface area contributed by atoms with Crippen LogP contribution in [0.1, 0.15) is 29.9 Å². The number of amides is 3. The van der Waals surface area contributed by atoms with Gasteiger partial charge >= 0.3 is 6.03 Å². The van der Waals surface area contributed by atoms with Gasteiger partial charge in [0.15, 0.2) is 0 Å². The Kier molecular flexibility index (Phi) is 4.93. The van der Waals surface area contributed by atoms with Crippen molar-refractivity contribution in [3.8, 4) is 5.69 Å². The summed E-state index contributed by atoms with van der Waals surface area (Å²) in [5, 5.41) is 9.17. The second kappa shape index (κ2) is 6.89. The second-order valence-corrected chi connectivity index (χ2v) is 5.45. The molecule has 0 spiro atoms. The average molecular weight is 300 g/mol. The molecular weight excluding hydrogens is 280 g/mol. The van der Waals surface area contributed by atoms with Crippen molar-refractivity contribution in [1.29, 1.82) is 0 Å². The number of urea groups is 1. The number of aromatic nitrogens is 2. The molecule has 2 N–H and O–H groups in total. The average Bonchev–Trinajstić information content (AvgIpc) is 2.88. The molecule has 0 aliphatic carbocycles. The lowest BCUT2D eigenvalue weighted by molar-refractivity contribution is 0.0963. The fourth-order valence-corrected chi connectivity index (χ4v) is 1.97. The van der Waals surface area contributed by atoms with Crippen LogP contribution in [0.5, 0.6) is 0 Å². The topological polar surface area (TPSA) is 76.0 Å². The SMILES string of the molecule is Cc1c(C(=O)NC(=O)NCC(C)C)cnn1-c1ccccc1. The van der Waals surface area contributed by atoms with Gasteiger partial charge in [-0.05, 0) is 25.0 Å². The number of carbonyl (C=O) groups excluding carboxylic acids is 2. The predicted octanol–water partition coefficient (Wildman–Crippen LogP) is 2.28. The summed E-state index contributed by atoms with van der Waals surface area (Å²) in [5.74, 6) is -0.135. The lowest BCUT2D eigenvalue weighted by Gasteiger charge is -2.08. The summed E-state index contributed by atoms with van der Waals surface area (Å²) in [5.41, 5.74) is 1.92. The first-order valence-electron chi connectivity index (χ1n) is 7.18. The van der Waals surface area contributed by atoms with Crippen molar-refractivity contribution >= 4 is 11.9 Å². The number of rotatable bonds is 4. The van der Waals surface area contributed by atoms with Gasteiger partial charge in [0, 0.05) is 6.54 Å². The molecule has 6 heteroatoms. The molecule has 116 valence electrons. The maximum atomic E-state index is 12.1. The van der Waals surface area contributed by atoms with Gasteiger partial charge in [0.05, 0.1) is 23.1 Å². The number of nitrogens with zero attached hydrogens (tertiary/aromatic N) is 2. The lowest BCUT2D eigenvalue weighted by atomic mass is 10.2. The van der Waals surface area contributed by atoms with E-state index in [4.69, 9.17) is 0 Å². The van der Waals surface area contributed by atoms with E-state index >= 15 is 0 Å². The standard InChI is InChI=1S/C16H20N4O2/c1-11(2)9-17-16(22)19-15(21)14-10-18-20(12(14)3)13-7-5-4-6-8-13/h4-8,10-11H,9H2,1-3H3,(H2,17,19,21,22). The van der Waals surface area contributed by atoms with Crippen LogP contribution in [-0.4, -0.2) is 28.3 Å². The van der Waals surface area contributed by atoms with Crippen molar-refractivity contribution in [1.82, 2.24) is 20.4 Å². The molecule has 22 heavy (non-hydrogen) atoms. The molecule has 0 radical (unpaired) electrons.